The molecule has 0 aliphatic carbocycles. The molecule has 1 heterocycles. The van der Waals surface area contributed by atoms with E-state index in [0.717, 1.165) is 30.4 Å². The maximum Gasteiger partial charge on any atom is 0.255 e. The summed E-state index contributed by atoms with van der Waals surface area (Å²) in [4.78, 5) is 28.6. The van der Waals surface area contributed by atoms with E-state index in [-0.39, 0.29) is 11.8 Å². The lowest BCUT2D eigenvalue weighted by Crippen LogP contribution is -2.59. The van der Waals surface area contributed by atoms with Crippen LogP contribution in [-0.2, 0) is 17.6 Å². The van der Waals surface area contributed by atoms with Gasteiger partial charge in [-0.3, -0.25) is 9.59 Å². The Kier molecular flexibility index (Phi) is 6.73. The van der Waals surface area contributed by atoms with Gasteiger partial charge in [0.05, 0.1) is 0 Å². The van der Waals surface area contributed by atoms with E-state index in [4.69, 9.17) is 0 Å². The fourth-order valence-electron chi connectivity index (χ4n) is 3.96. The number of carbonyl (C=O) groups is 2. The van der Waals surface area contributed by atoms with Crippen molar-refractivity contribution < 1.29 is 9.59 Å². The first kappa shape index (κ1) is 21.1. The molecule has 0 spiro atoms. The molecule has 1 aliphatic heterocycles. The van der Waals surface area contributed by atoms with E-state index < -0.39 is 5.54 Å². The van der Waals surface area contributed by atoms with Crippen molar-refractivity contribution in [3.05, 3.63) is 71.3 Å². The zero-order valence-electron chi connectivity index (χ0n) is 17.8. The van der Waals surface area contributed by atoms with Crippen molar-refractivity contribution in [2.75, 3.05) is 13.1 Å². The van der Waals surface area contributed by atoms with Crippen LogP contribution in [-0.4, -0.2) is 35.3 Å². The van der Waals surface area contributed by atoms with Gasteiger partial charge in [0.1, 0.15) is 5.54 Å². The lowest BCUT2D eigenvalue weighted by molar-refractivity contribution is -0.131. The van der Waals surface area contributed by atoms with Gasteiger partial charge in [0.2, 0.25) is 5.91 Å². The van der Waals surface area contributed by atoms with Crippen molar-refractivity contribution in [2.45, 2.75) is 52.0 Å². The number of fused-ring (bicyclic) bond motifs is 1. The Morgan fingerprint density at radius 3 is 2.52 bits per heavy atom. The van der Waals surface area contributed by atoms with Crippen LogP contribution >= 0.6 is 0 Å². The molecule has 3 rings (SSSR count). The topological polar surface area (TPSA) is 49.4 Å². The third-order valence-electron chi connectivity index (χ3n) is 5.93. The van der Waals surface area contributed by atoms with Gasteiger partial charge in [0.25, 0.3) is 5.91 Å². The number of nitrogens with one attached hydrogen (secondary N) is 1. The van der Waals surface area contributed by atoms with Gasteiger partial charge in [0.15, 0.2) is 0 Å². The van der Waals surface area contributed by atoms with E-state index in [1.807, 2.05) is 49.4 Å². The van der Waals surface area contributed by atoms with Gasteiger partial charge >= 0.3 is 0 Å². The van der Waals surface area contributed by atoms with Crippen molar-refractivity contribution >= 4 is 11.8 Å². The average Bonchev–Trinajstić information content (AvgIpc) is 2.83. The molecule has 1 aliphatic rings. The lowest BCUT2D eigenvalue weighted by atomic mass is 9.91. The molecule has 29 heavy (non-hydrogen) atoms. The Balaban J connectivity index is 1.87. The molecule has 2 aromatic rings. The normalized spacial score (nSPS) is 19.0. The van der Waals surface area contributed by atoms with Crippen LogP contribution in [0.15, 0.2) is 54.6 Å². The fourth-order valence-corrected chi connectivity index (χ4v) is 3.96. The van der Waals surface area contributed by atoms with Gasteiger partial charge in [-0.2, -0.15) is 0 Å². The number of nitrogens with zero attached hydrogens (tertiary/aromatic N) is 1. The summed E-state index contributed by atoms with van der Waals surface area (Å²) in [5, 5.41) is 3.09. The summed E-state index contributed by atoms with van der Waals surface area (Å²) in [6, 6.07) is 17.9. The summed E-state index contributed by atoms with van der Waals surface area (Å²) >= 11 is 0. The van der Waals surface area contributed by atoms with E-state index in [2.05, 4.69) is 31.3 Å². The first-order valence-corrected chi connectivity index (χ1v) is 10.6. The average molecular weight is 393 g/mol. The molecule has 0 fully saturated rings. The monoisotopic (exact) mass is 392 g/mol. The van der Waals surface area contributed by atoms with Gasteiger partial charge in [-0.25, -0.2) is 0 Å². The summed E-state index contributed by atoms with van der Waals surface area (Å²) in [6.45, 7) is 7.37. The van der Waals surface area contributed by atoms with E-state index in [0.29, 0.717) is 25.4 Å². The summed E-state index contributed by atoms with van der Waals surface area (Å²) in [5.74, 6) is 0.431. The smallest absolute Gasteiger partial charge is 0.255 e. The summed E-state index contributed by atoms with van der Waals surface area (Å²) < 4.78 is 0. The van der Waals surface area contributed by atoms with E-state index >= 15 is 0 Å². The van der Waals surface area contributed by atoms with E-state index in [1.54, 1.807) is 4.90 Å². The molecule has 0 unspecified atom stereocenters. The van der Waals surface area contributed by atoms with Gasteiger partial charge in [-0.1, -0.05) is 62.4 Å². The van der Waals surface area contributed by atoms with Crippen LogP contribution < -0.4 is 5.32 Å². The molecule has 2 aromatic carbocycles. The van der Waals surface area contributed by atoms with Crippen LogP contribution in [0.1, 0.15) is 55.1 Å². The first-order chi connectivity index (χ1) is 13.9. The molecular weight excluding hydrogens is 360 g/mol. The van der Waals surface area contributed by atoms with Gasteiger partial charge in [0, 0.05) is 18.7 Å². The molecule has 0 saturated carbocycles. The van der Waals surface area contributed by atoms with Crippen molar-refractivity contribution in [1.82, 2.24) is 10.2 Å². The second kappa shape index (κ2) is 9.25. The predicted octanol–water partition coefficient (Wildman–Crippen LogP) is 4.24. The quantitative estimate of drug-likeness (QED) is 0.766. The van der Waals surface area contributed by atoms with Gasteiger partial charge < -0.3 is 10.2 Å². The third kappa shape index (κ3) is 4.87. The highest BCUT2D eigenvalue weighted by molar-refractivity contribution is 6.01. The molecule has 0 saturated heterocycles. The van der Waals surface area contributed by atoms with Gasteiger partial charge in [-0.15, -0.1) is 0 Å². The van der Waals surface area contributed by atoms with Crippen LogP contribution in [0.4, 0.5) is 0 Å². The minimum absolute atomic E-state index is 0.0458. The second-order valence-corrected chi connectivity index (χ2v) is 8.56. The van der Waals surface area contributed by atoms with Crippen LogP contribution in [0.5, 0.6) is 0 Å². The van der Waals surface area contributed by atoms with Crippen molar-refractivity contribution in [3.8, 4) is 0 Å². The minimum atomic E-state index is -0.859. The van der Waals surface area contributed by atoms with E-state index in [1.165, 1.54) is 5.56 Å². The summed E-state index contributed by atoms with van der Waals surface area (Å²) in [6.07, 6.45) is 3.00. The SMILES string of the molecule is CC(C)CCNC(=O)[C@]1(C)CCc2ccccc2C(=O)N1CCc1ccccc1. The first-order valence-electron chi connectivity index (χ1n) is 10.6. The Bertz CT molecular complexity index is 847. The second-order valence-electron chi connectivity index (χ2n) is 8.56. The molecule has 0 aromatic heterocycles. The number of carbonyl (C=O) groups excluding carboxylic acids is 2. The molecule has 1 atom stereocenters. The highest BCUT2D eigenvalue weighted by Crippen LogP contribution is 2.30. The zero-order valence-corrected chi connectivity index (χ0v) is 17.8. The predicted molar refractivity (Wildman–Crippen MR) is 117 cm³/mol. The molecule has 0 bridgehead atoms. The molecule has 4 nitrogen and oxygen atoms in total. The third-order valence-corrected chi connectivity index (χ3v) is 5.93. The summed E-state index contributed by atoms with van der Waals surface area (Å²) in [5.41, 5.74) is 2.06. The van der Waals surface area contributed by atoms with Crippen LogP contribution in [0.2, 0.25) is 0 Å². The minimum Gasteiger partial charge on any atom is -0.354 e. The maximum absolute atomic E-state index is 13.5. The molecule has 0 radical (unpaired) electrons. The summed E-state index contributed by atoms with van der Waals surface area (Å²) in [7, 11) is 0. The molecular formula is C25H32N2O2. The van der Waals surface area contributed by atoms with Crippen molar-refractivity contribution in [2.24, 2.45) is 5.92 Å². The van der Waals surface area contributed by atoms with Crippen molar-refractivity contribution in [1.29, 1.82) is 0 Å². The number of amides is 2. The number of rotatable bonds is 7. The van der Waals surface area contributed by atoms with E-state index in [9.17, 15) is 9.59 Å². The Hall–Kier alpha value is -2.62. The van der Waals surface area contributed by atoms with Crippen LogP contribution in [0, 0.1) is 5.92 Å². The molecule has 2 amide bonds. The van der Waals surface area contributed by atoms with Crippen LogP contribution in [0.25, 0.3) is 0 Å². The van der Waals surface area contributed by atoms with Crippen LogP contribution in [0.3, 0.4) is 0 Å². The maximum atomic E-state index is 13.5. The highest BCUT2D eigenvalue weighted by atomic mass is 16.2. The molecule has 154 valence electrons. The lowest BCUT2D eigenvalue weighted by Gasteiger charge is -2.39. The Labute approximate surface area is 174 Å². The number of hydrogen-bond acceptors (Lipinski definition) is 2. The molecule has 4 heteroatoms. The fraction of sp³-hybridized carbons (Fsp3) is 0.440. The van der Waals surface area contributed by atoms with Crippen molar-refractivity contribution in [3.63, 3.8) is 0 Å². The number of benzene rings is 2. The molecule has 1 N–H and O–H groups in total. The zero-order chi connectivity index (χ0) is 20.9. The number of aryl methyl sites for hydroxylation is 1. The van der Waals surface area contributed by atoms with Gasteiger partial charge in [-0.05, 0) is 55.7 Å². The largest absolute Gasteiger partial charge is 0.354 e. The highest BCUT2D eigenvalue weighted by Gasteiger charge is 2.44. The number of hydrogen-bond donors (Lipinski definition) is 1. The Morgan fingerprint density at radius 2 is 1.79 bits per heavy atom. The standard InChI is InChI=1S/C25H32N2O2/c1-19(2)14-17-26-24(29)25(3)16-13-21-11-7-8-12-22(21)23(28)27(25)18-15-20-9-5-4-6-10-20/h4-12,19H,13-18H2,1-3H3,(H,26,29)/t25-/m0/s1. The Morgan fingerprint density at radius 1 is 1.10 bits per heavy atom.